The highest BCUT2D eigenvalue weighted by Gasteiger charge is 2.48. The van der Waals surface area contributed by atoms with Gasteiger partial charge in [0.15, 0.2) is 0 Å². The van der Waals surface area contributed by atoms with Crippen LogP contribution in [-0.4, -0.2) is 65.7 Å². The highest BCUT2D eigenvalue weighted by atomic mass is 15.8. The van der Waals surface area contributed by atoms with Gasteiger partial charge in [-0.15, -0.1) is 5.10 Å². The quantitative estimate of drug-likeness (QED) is 0.588. The largest absolute Gasteiger partial charge is 0.354 e. The summed E-state index contributed by atoms with van der Waals surface area (Å²) < 4.78 is 0.477. The van der Waals surface area contributed by atoms with Gasteiger partial charge in [0.25, 0.3) is 5.96 Å². The third kappa shape index (κ3) is 3.85. The molecule has 1 N–H and O–H groups in total. The molecule has 6 nitrogen and oxygen atoms in total. The zero-order chi connectivity index (χ0) is 15.9. The average Bonchev–Trinajstić information content (AvgIpc) is 2.31. The van der Waals surface area contributed by atoms with Crippen LogP contribution in [0.5, 0.6) is 0 Å². The minimum absolute atomic E-state index is 0.0993. The number of aliphatic imine (C=N–C) groups is 1. The normalized spacial score (nSPS) is 23.4. The molecule has 1 aliphatic rings. The first kappa shape index (κ1) is 16.8. The lowest BCUT2D eigenvalue weighted by atomic mass is 10.1. The number of hydrogen-bond acceptors (Lipinski definition) is 3. The fourth-order valence-corrected chi connectivity index (χ4v) is 2.04. The van der Waals surface area contributed by atoms with Crippen LogP contribution in [0, 0.1) is 0 Å². The minimum Gasteiger partial charge on any atom is -0.296 e. The zero-order valence-electron chi connectivity index (χ0n) is 14.7. The van der Waals surface area contributed by atoms with E-state index in [-0.39, 0.29) is 11.1 Å². The van der Waals surface area contributed by atoms with Crippen molar-refractivity contribution in [2.24, 2.45) is 10.1 Å². The van der Waals surface area contributed by atoms with Crippen LogP contribution in [0.4, 0.5) is 0 Å². The lowest BCUT2D eigenvalue weighted by Gasteiger charge is -2.31. The van der Waals surface area contributed by atoms with E-state index in [1.165, 1.54) is 0 Å². The number of hydrogen-bond donors (Lipinski definition) is 1. The molecular formula is C14H31N6+. The molecule has 116 valence electrons. The van der Waals surface area contributed by atoms with Crippen LogP contribution in [0.2, 0.25) is 0 Å². The maximum absolute atomic E-state index is 4.83. The topological polar surface area (TPSA) is 43.2 Å². The van der Waals surface area contributed by atoms with E-state index < -0.39 is 0 Å². The van der Waals surface area contributed by atoms with Crippen molar-refractivity contribution in [2.45, 2.75) is 52.6 Å². The van der Waals surface area contributed by atoms with Crippen LogP contribution in [0.25, 0.3) is 0 Å². The number of nitrogens with zero attached hydrogens (tertiary/aromatic N) is 5. The van der Waals surface area contributed by atoms with E-state index in [1.807, 2.05) is 19.1 Å². The van der Waals surface area contributed by atoms with E-state index in [9.17, 15) is 0 Å². The number of quaternary nitrogens is 1. The Bertz CT molecular complexity index is 420. The molecule has 6 heteroatoms. The monoisotopic (exact) mass is 283 g/mol. The van der Waals surface area contributed by atoms with Crippen LogP contribution in [-0.2, 0) is 0 Å². The molecule has 0 aliphatic carbocycles. The summed E-state index contributed by atoms with van der Waals surface area (Å²) in [5, 5.41) is 6.49. The summed E-state index contributed by atoms with van der Waals surface area (Å²) in [6, 6.07) is 0. The van der Waals surface area contributed by atoms with Gasteiger partial charge in [-0.25, -0.2) is 9.89 Å². The third-order valence-corrected chi connectivity index (χ3v) is 2.69. The highest BCUT2D eigenvalue weighted by molar-refractivity contribution is 6.00. The summed E-state index contributed by atoms with van der Waals surface area (Å²) in [5.41, 5.74) is 3.22. The van der Waals surface area contributed by atoms with Crippen molar-refractivity contribution in [1.82, 2.24) is 15.3 Å². The number of rotatable bonds is 1. The van der Waals surface area contributed by atoms with Crippen molar-refractivity contribution < 1.29 is 4.59 Å². The molecular weight excluding hydrogens is 252 g/mol. The zero-order valence-corrected chi connectivity index (χ0v) is 14.7. The number of nitrogens with one attached hydrogen (secondary N) is 1. The minimum atomic E-state index is -0.139. The summed E-state index contributed by atoms with van der Waals surface area (Å²) in [5.74, 6) is 1.81. The Morgan fingerprint density at radius 3 is 1.90 bits per heavy atom. The van der Waals surface area contributed by atoms with Crippen LogP contribution in [0.3, 0.4) is 0 Å². The molecule has 0 aromatic heterocycles. The van der Waals surface area contributed by atoms with Gasteiger partial charge >= 0.3 is 5.96 Å². The van der Waals surface area contributed by atoms with Crippen molar-refractivity contribution in [3.63, 3.8) is 0 Å². The van der Waals surface area contributed by atoms with Crippen molar-refractivity contribution in [3.8, 4) is 0 Å². The Morgan fingerprint density at radius 1 is 1.05 bits per heavy atom. The van der Waals surface area contributed by atoms with Crippen molar-refractivity contribution in [3.05, 3.63) is 0 Å². The lowest BCUT2D eigenvalue weighted by Crippen LogP contribution is -2.53. The molecule has 0 saturated carbocycles. The van der Waals surface area contributed by atoms with Crippen LogP contribution < -0.4 is 5.43 Å². The summed E-state index contributed by atoms with van der Waals surface area (Å²) >= 11 is 0. The molecule has 0 unspecified atom stereocenters. The van der Waals surface area contributed by atoms with Gasteiger partial charge in [-0.2, -0.15) is 10.0 Å². The van der Waals surface area contributed by atoms with Gasteiger partial charge in [0.1, 0.15) is 0 Å². The molecule has 0 spiro atoms. The van der Waals surface area contributed by atoms with Crippen molar-refractivity contribution >= 4 is 11.9 Å². The van der Waals surface area contributed by atoms with E-state index in [0.717, 1.165) is 11.9 Å². The molecule has 20 heavy (non-hydrogen) atoms. The maximum Gasteiger partial charge on any atom is 0.354 e. The van der Waals surface area contributed by atoms with Crippen LogP contribution in [0.1, 0.15) is 41.5 Å². The average molecular weight is 283 g/mol. The van der Waals surface area contributed by atoms with Gasteiger partial charge in [-0.3, -0.25) is 5.01 Å². The van der Waals surface area contributed by atoms with E-state index in [0.29, 0.717) is 4.59 Å². The molecule has 1 saturated heterocycles. The van der Waals surface area contributed by atoms with E-state index >= 15 is 0 Å². The van der Waals surface area contributed by atoms with Crippen molar-refractivity contribution in [1.29, 1.82) is 0 Å². The molecule has 1 rings (SSSR count). The predicted molar refractivity (Wildman–Crippen MR) is 85.1 cm³/mol. The SMILES string of the molecule is CN(C)/N=C1\N(C(C)(C)C)C(=NC(C)(C)C)N[N+]1(C)C. The first-order chi connectivity index (χ1) is 8.74. The summed E-state index contributed by atoms with van der Waals surface area (Å²) in [7, 11) is 8.03. The molecule has 1 heterocycles. The maximum atomic E-state index is 4.83. The van der Waals surface area contributed by atoms with Gasteiger partial charge < -0.3 is 0 Å². The number of guanidine groups is 2. The lowest BCUT2D eigenvalue weighted by molar-refractivity contribution is -0.833. The fraction of sp³-hybridized carbons (Fsp3) is 0.857. The van der Waals surface area contributed by atoms with Gasteiger partial charge in [-0.1, -0.05) is 0 Å². The fourth-order valence-electron chi connectivity index (χ4n) is 2.04. The molecule has 0 amide bonds. The third-order valence-electron chi connectivity index (χ3n) is 2.69. The second kappa shape index (κ2) is 4.91. The summed E-state index contributed by atoms with van der Waals surface area (Å²) in [6.45, 7) is 12.8. The number of hydrazone groups is 1. The van der Waals surface area contributed by atoms with Gasteiger partial charge in [0.05, 0.1) is 19.6 Å². The van der Waals surface area contributed by atoms with Crippen LogP contribution in [0.15, 0.2) is 10.1 Å². The predicted octanol–water partition coefficient (Wildman–Crippen LogP) is 1.67. The molecule has 1 aliphatic heterocycles. The van der Waals surface area contributed by atoms with E-state index in [4.69, 9.17) is 4.99 Å². The van der Waals surface area contributed by atoms with Crippen molar-refractivity contribution in [2.75, 3.05) is 28.2 Å². The van der Waals surface area contributed by atoms with Crippen LogP contribution >= 0.6 is 0 Å². The Balaban J connectivity index is 3.41. The second-order valence-corrected chi connectivity index (χ2v) is 7.92. The molecule has 0 radical (unpaired) electrons. The Labute approximate surface area is 123 Å². The molecule has 0 atom stereocenters. The van der Waals surface area contributed by atoms with E-state index in [2.05, 4.69) is 71.1 Å². The smallest absolute Gasteiger partial charge is 0.296 e. The summed E-state index contributed by atoms with van der Waals surface area (Å²) in [4.78, 5) is 7.00. The van der Waals surface area contributed by atoms with Gasteiger partial charge in [0, 0.05) is 19.6 Å². The molecule has 1 fully saturated rings. The Hall–Kier alpha value is -1.30. The second-order valence-electron chi connectivity index (χ2n) is 7.92. The first-order valence-electron chi connectivity index (χ1n) is 7.03. The summed E-state index contributed by atoms with van der Waals surface area (Å²) in [6.07, 6.45) is 0. The Morgan fingerprint density at radius 2 is 1.55 bits per heavy atom. The van der Waals surface area contributed by atoms with Gasteiger partial charge in [-0.05, 0) is 41.5 Å². The standard InChI is InChI=1S/C14H31N6/c1-13(2,3)15-11-17-20(9,10)12(16-18(7)8)19(11)14(4,5)6/h1-10H3,(H,15,17)/q+1/b16-12+. The van der Waals surface area contributed by atoms with E-state index in [1.54, 1.807) is 0 Å². The Kier molecular flexibility index (Phi) is 4.11. The molecule has 0 aromatic carbocycles. The first-order valence-corrected chi connectivity index (χ1v) is 7.03. The molecule has 0 aromatic rings. The van der Waals surface area contributed by atoms with Gasteiger partial charge in [0.2, 0.25) is 0 Å². The molecule has 0 bridgehead atoms. The highest BCUT2D eigenvalue weighted by Crippen LogP contribution is 2.24.